The van der Waals surface area contributed by atoms with Gasteiger partial charge in [0, 0.05) is 18.8 Å². The van der Waals surface area contributed by atoms with E-state index in [0.717, 1.165) is 28.4 Å². The van der Waals surface area contributed by atoms with Gasteiger partial charge in [0.05, 0.1) is 32.1 Å². The molecule has 1 N–H and O–H groups in total. The monoisotopic (exact) mass is 437 g/mol. The third-order valence-electron chi connectivity index (χ3n) is 4.83. The molecule has 0 amide bonds. The number of nitrogens with one attached hydrogen (secondary N) is 1. The largest absolute Gasteiger partial charge is 0.497 e. The molecule has 1 aliphatic rings. The number of hydrogen-bond acceptors (Lipinski definition) is 6. The van der Waals surface area contributed by atoms with Crippen LogP contribution in [-0.4, -0.2) is 36.0 Å². The summed E-state index contributed by atoms with van der Waals surface area (Å²) in [7, 11) is 3.23. The number of nitrogens with zero attached hydrogens (tertiary/aromatic N) is 2. The fraction of sp³-hybridized carbons (Fsp3) is 0.217. The van der Waals surface area contributed by atoms with Crippen LogP contribution in [0.1, 0.15) is 11.3 Å². The summed E-state index contributed by atoms with van der Waals surface area (Å²) in [5.41, 5.74) is 2.71. The average Bonchev–Trinajstić information content (AvgIpc) is 3.27. The Labute approximate surface area is 186 Å². The maximum atomic E-state index is 5.77. The average molecular weight is 438 g/mol. The van der Waals surface area contributed by atoms with Crippen molar-refractivity contribution < 1.29 is 18.9 Å². The highest BCUT2D eigenvalue weighted by atomic mass is 32.1. The summed E-state index contributed by atoms with van der Waals surface area (Å²) in [6.07, 6.45) is 1.77. The zero-order valence-electron chi connectivity index (χ0n) is 17.3. The first-order valence-corrected chi connectivity index (χ1v) is 10.1. The molecule has 1 aliphatic heterocycles. The predicted octanol–water partition coefficient (Wildman–Crippen LogP) is 4.23. The van der Waals surface area contributed by atoms with Crippen LogP contribution >= 0.6 is 12.2 Å². The minimum absolute atomic E-state index is 0.244. The van der Waals surface area contributed by atoms with Crippen LogP contribution in [0.15, 0.2) is 60.8 Å². The summed E-state index contributed by atoms with van der Waals surface area (Å²) in [6, 6.07) is 17.3. The molecule has 3 aromatic rings. The lowest BCUT2D eigenvalue weighted by atomic mass is 10.2. The van der Waals surface area contributed by atoms with E-state index in [1.165, 1.54) is 0 Å². The smallest absolute Gasteiger partial charge is 0.231 e. The molecule has 0 radical (unpaired) electrons. The molecule has 0 saturated heterocycles. The van der Waals surface area contributed by atoms with Crippen LogP contribution in [0.25, 0.3) is 0 Å². The number of benzene rings is 2. The SMILES string of the molecule is COc1ccc(NC(=S)N(Cc2ccc3c(c2)OCO3)Cc2ccccn2)c(OC)c1. The van der Waals surface area contributed by atoms with Gasteiger partial charge in [-0.15, -0.1) is 0 Å². The maximum Gasteiger partial charge on any atom is 0.231 e. The molecule has 0 aliphatic carbocycles. The molecule has 0 saturated carbocycles. The first kappa shape index (κ1) is 20.7. The minimum atomic E-state index is 0.244. The van der Waals surface area contributed by atoms with E-state index < -0.39 is 0 Å². The van der Waals surface area contributed by atoms with Gasteiger partial charge in [-0.05, 0) is 54.2 Å². The second kappa shape index (κ2) is 9.53. The van der Waals surface area contributed by atoms with Crippen molar-refractivity contribution in [3.63, 3.8) is 0 Å². The Balaban J connectivity index is 1.57. The Morgan fingerprint density at radius 2 is 1.90 bits per heavy atom. The van der Waals surface area contributed by atoms with Crippen molar-refractivity contribution in [1.29, 1.82) is 0 Å². The van der Waals surface area contributed by atoms with Crippen molar-refractivity contribution in [2.24, 2.45) is 0 Å². The lowest BCUT2D eigenvalue weighted by molar-refractivity contribution is 0.174. The number of aromatic nitrogens is 1. The van der Waals surface area contributed by atoms with Gasteiger partial charge in [0.25, 0.3) is 0 Å². The van der Waals surface area contributed by atoms with Gasteiger partial charge in [-0.3, -0.25) is 4.98 Å². The van der Waals surface area contributed by atoms with Gasteiger partial charge in [-0.25, -0.2) is 0 Å². The van der Waals surface area contributed by atoms with Crippen LogP contribution < -0.4 is 24.3 Å². The van der Waals surface area contributed by atoms with E-state index in [0.29, 0.717) is 29.7 Å². The van der Waals surface area contributed by atoms with Crippen LogP contribution in [0.3, 0.4) is 0 Å². The van der Waals surface area contributed by atoms with Crippen molar-refractivity contribution in [3.05, 3.63) is 72.1 Å². The molecule has 0 fully saturated rings. The number of ether oxygens (including phenoxy) is 4. The number of pyridine rings is 1. The van der Waals surface area contributed by atoms with Crippen LogP contribution in [0.4, 0.5) is 5.69 Å². The van der Waals surface area contributed by atoms with E-state index >= 15 is 0 Å². The van der Waals surface area contributed by atoms with Gasteiger partial charge in [0.1, 0.15) is 11.5 Å². The lowest BCUT2D eigenvalue weighted by Gasteiger charge is -2.26. The molecule has 2 heterocycles. The zero-order valence-corrected chi connectivity index (χ0v) is 18.1. The van der Waals surface area contributed by atoms with Gasteiger partial charge in [-0.2, -0.15) is 0 Å². The van der Waals surface area contributed by atoms with Crippen molar-refractivity contribution in [3.8, 4) is 23.0 Å². The Morgan fingerprint density at radius 1 is 1.03 bits per heavy atom. The summed E-state index contributed by atoms with van der Waals surface area (Å²) in [5.74, 6) is 2.84. The van der Waals surface area contributed by atoms with E-state index in [9.17, 15) is 0 Å². The second-order valence-corrected chi connectivity index (χ2v) is 7.25. The van der Waals surface area contributed by atoms with E-state index in [1.807, 2.05) is 59.5 Å². The standard InChI is InChI=1S/C23H23N3O4S/c1-27-18-7-8-19(21(12-18)28-2)25-23(31)26(14-17-5-3-4-10-24-17)13-16-6-9-20-22(11-16)30-15-29-20/h3-12H,13-15H2,1-2H3,(H,25,31). The van der Waals surface area contributed by atoms with Gasteiger partial charge in [0.2, 0.25) is 6.79 Å². The fourth-order valence-corrected chi connectivity index (χ4v) is 3.48. The first-order valence-electron chi connectivity index (χ1n) is 9.72. The molecule has 0 unspecified atom stereocenters. The van der Waals surface area contributed by atoms with E-state index in [-0.39, 0.29) is 6.79 Å². The summed E-state index contributed by atoms with van der Waals surface area (Å²) >= 11 is 5.77. The Bertz CT molecular complexity index is 1060. The number of thiocarbonyl (C=S) groups is 1. The first-order chi connectivity index (χ1) is 15.2. The maximum absolute atomic E-state index is 5.77. The van der Waals surface area contributed by atoms with Crippen molar-refractivity contribution in [2.45, 2.75) is 13.1 Å². The molecule has 0 atom stereocenters. The molecule has 7 nitrogen and oxygen atoms in total. The fourth-order valence-electron chi connectivity index (χ4n) is 3.24. The van der Waals surface area contributed by atoms with Crippen molar-refractivity contribution in [1.82, 2.24) is 9.88 Å². The topological polar surface area (TPSA) is 65.1 Å². The number of rotatable bonds is 7. The van der Waals surface area contributed by atoms with Gasteiger partial charge >= 0.3 is 0 Å². The van der Waals surface area contributed by atoms with Crippen LogP contribution in [0, 0.1) is 0 Å². The zero-order chi connectivity index (χ0) is 21.6. The highest BCUT2D eigenvalue weighted by molar-refractivity contribution is 7.80. The summed E-state index contributed by atoms with van der Waals surface area (Å²) in [4.78, 5) is 6.49. The normalized spacial score (nSPS) is 11.7. The van der Waals surface area contributed by atoms with Gasteiger partial charge < -0.3 is 29.2 Å². The Kier molecular flexibility index (Phi) is 6.37. The highest BCUT2D eigenvalue weighted by Crippen LogP contribution is 2.33. The number of hydrogen-bond donors (Lipinski definition) is 1. The summed E-state index contributed by atoms with van der Waals surface area (Å²) in [5, 5.41) is 3.85. The van der Waals surface area contributed by atoms with Gasteiger partial charge in [-0.1, -0.05) is 12.1 Å². The highest BCUT2D eigenvalue weighted by Gasteiger charge is 2.18. The Morgan fingerprint density at radius 3 is 2.68 bits per heavy atom. The molecule has 0 bridgehead atoms. The molecule has 31 heavy (non-hydrogen) atoms. The molecule has 8 heteroatoms. The summed E-state index contributed by atoms with van der Waals surface area (Å²) < 4.78 is 21.7. The minimum Gasteiger partial charge on any atom is -0.497 e. The van der Waals surface area contributed by atoms with Crippen molar-refractivity contribution >= 4 is 23.0 Å². The van der Waals surface area contributed by atoms with E-state index in [4.69, 9.17) is 31.2 Å². The molecule has 4 rings (SSSR count). The lowest BCUT2D eigenvalue weighted by Crippen LogP contribution is -2.34. The number of anilines is 1. The molecule has 2 aromatic carbocycles. The van der Waals surface area contributed by atoms with Crippen LogP contribution in [0.2, 0.25) is 0 Å². The van der Waals surface area contributed by atoms with Crippen molar-refractivity contribution in [2.75, 3.05) is 26.3 Å². The Hall–Kier alpha value is -3.52. The quantitative estimate of drug-likeness (QED) is 0.551. The molecule has 0 spiro atoms. The number of methoxy groups -OCH3 is 2. The second-order valence-electron chi connectivity index (χ2n) is 6.86. The molecular formula is C23H23N3O4S. The van der Waals surface area contributed by atoms with Crippen LogP contribution in [0.5, 0.6) is 23.0 Å². The van der Waals surface area contributed by atoms with E-state index in [1.54, 1.807) is 20.4 Å². The third-order valence-corrected chi connectivity index (χ3v) is 5.19. The molecule has 160 valence electrons. The summed E-state index contributed by atoms with van der Waals surface area (Å²) in [6.45, 7) is 1.35. The van der Waals surface area contributed by atoms with Gasteiger partial charge in [0.15, 0.2) is 16.6 Å². The molecular weight excluding hydrogens is 414 g/mol. The van der Waals surface area contributed by atoms with Crippen LogP contribution in [-0.2, 0) is 13.1 Å². The third kappa shape index (κ3) is 4.97. The molecule has 1 aromatic heterocycles. The number of fused-ring (bicyclic) bond motifs is 1. The predicted molar refractivity (Wildman–Crippen MR) is 122 cm³/mol. The van der Waals surface area contributed by atoms with E-state index in [2.05, 4.69) is 10.3 Å².